The Labute approximate surface area is 80.0 Å². The molecular weight excluding hydrogens is 166 g/mol. The predicted octanol–water partition coefficient (Wildman–Crippen LogP) is 2.29. The lowest BCUT2D eigenvalue weighted by atomic mass is 9.99. The maximum atomic E-state index is 3.89. The molecule has 1 nitrogen and oxygen atoms in total. The molecule has 2 heteroatoms. The van der Waals surface area contributed by atoms with E-state index in [0.717, 1.165) is 12.5 Å². The first-order valence-corrected chi connectivity index (χ1v) is 5.97. The quantitative estimate of drug-likeness (QED) is 0.660. The molecule has 2 atom stereocenters. The molecule has 0 bridgehead atoms. The van der Waals surface area contributed by atoms with E-state index in [1.165, 1.54) is 24.3 Å². The predicted molar refractivity (Wildman–Crippen MR) is 57.7 cm³/mol. The van der Waals surface area contributed by atoms with Crippen LogP contribution in [-0.4, -0.2) is 24.1 Å². The Kier molecular flexibility index (Phi) is 4.77. The van der Waals surface area contributed by atoms with Gasteiger partial charge in [-0.25, -0.2) is 0 Å². The highest BCUT2D eigenvalue weighted by Gasteiger charge is 2.22. The highest BCUT2D eigenvalue weighted by atomic mass is 32.2. The van der Waals surface area contributed by atoms with Gasteiger partial charge in [-0.05, 0) is 36.8 Å². The first-order valence-electron chi connectivity index (χ1n) is 4.82. The van der Waals surface area contributed by atoms with Gasteiger partial charge in [-0.2, -0.15) is 11.8 Å². The van der Waals surface area contributed by atoms with E-state index in [-0.39, 0.29) is 0 Å². The van der Waals surface area contributed by atoms with Crippen molar-refractivity contribution in [3.05, 3.63) is 12.7 Å². The third kappa shape index (κ3) is 2.83. The van der Waals surface area contributed by atoms with Gasteiger partial charge in [-0.3, -0.25) is 0 Å². The van der Waals surface area contributed by atoms with E-state index in [2.05, 4.69) is 36.7 Å². The Morgan fingerprint density at radius 3 is 3.08 bits per heavy atom. The topological polar surface area (TPSA) is 12.0 Å². The minimum Gasteiger partial charge on any atom is -0.310 e. The third-order valence-electron chi connectivity index (χ3n) is 2.36. The summed E-state index contributed by atoms with van der Waals surface area (Å²) in [6.45, 7) is 7.21. The van der Waals surface area contributed by atoms with Crippen molar-refractivity contribution >= 4 is 11.8 Å². The Hall–Kier alpha value is 0.0500. The van der Waals surface area contributed by atoms with E-state index in [1.54, 1.807) is 0 Å². The first-order chi connectivity index (χ1) is 5.88. The molecule has 0 aromatic carbocycles. The molecule has 0 saturated carbocycles. The number of thioether (sulfide) groups is 1. The van der Waals surface area contributed by atoms with Gasteiger partial charge in [-0.15, -0.1) is 6.58 Å². The largest absolute Gasteiger partial charge is 0.310 e. The van der Waals surface area contributed by atoms with Gasteiger partial charge in [0.1, 0.15) is 0 Å². The zero-order chi connectivity index (χ0) is 8.81. The fraction of sp³-hybridized carbons (Fsp3) is 0.800. The fourth-order valence-electron chi connectivity index (χ4n) is 1.59. The van der Waals surface area contributed by atoms with Gasteiger partial charge in [0.2, 0.25) is 0 Å². The van der Waals surface area contributed by atoms with Crippen molar-refractivity contribution in [1.82, 2.24) is 5.32 Å². The normalized spacial score (nSPS) is 25.6. The number of rotatable bonds is 5. The molecule has 1 rings (SSSR count). The summed E-state index contributed by atoms with van der Waals surface area (Å²) >= 11 is 2.07. The smallest absolute Gasteiger partial charge is 0.0283 e. The third-order valence-corrected chi connectivity index (χ3v) is 3.54. The van der Waals surface area contributed by atoms with Crippen LogP contribution < -0.4 is 5.32 Å². The zero-order valence-electron chi connectivity index (χ0n) is 7.88. The summed E-state index contributed by atoms with van der Waals surface area (Å²) in [5.74, 6) is 3.48. The summed E-state index contributed by atoms with van der Waals surface area (Å²) < 4.78 is 0. The van der Waals surface area contributed by atoms with Crippen molar-refractivity contribution in [1.29, 1.82) is 0 Å². The number of hydrogen-bond acceptors (Lipinski definition) is 2. The SMILES string of the molecule is C=CC(NCCC)C1CCSC1. The van der Waals surface area contributed by atoms with Crippen LogP contribution in [0.3, 0.4) is 0 Å². The van der Waals surface area contributed by atoms with E-state index in [1.807, 2.05) is 0 Å². The van der Waals surface area contributed by atoms with E-state index in [0.29, 0.717) is 6.04 Å². The summed E-state index contributed by atoms with van der Waals surface area (Å²) in [6.07, 6.45) is 4.65. The van der Waals surface area contributed by atoms with Crippen molar-refractivity contribution in [2.45, 2.75) is 25.8 Å². The first kappa shape index (κ1) is 10.1. The van der Waals surface area contributed by atoms with E-state index in [4.69, 9.17) is 0 Å². The van der Waals surface area contributed by atoms with Gasteiger partial charge in [0.25, 0.3) is 0 Å². The van der Waals surface area contributed by atoms with Crippen LogP contribution in [0.5, 0.6) is 0 Å². The van der Waals surface area contributed by atoms with Crippen LogP contribution in [0.2, 0.25) is 0 Å². The summed E-state index contributed by atoms with van der Waals surface area (Å²) in [5.41, 5.74) is 0. The monoisotopic (exact) mass is 185 g/mol. The minimum absolute atomic E-state index is 0.556. The summed E-state index contributed by atoms with van der Waals surface area (Å²) in [4.78, 5) is 0. The lowest BCUT2D eigenvalue weighted by Crippen LogP contribution is -2.34. The van der Waals surface area contributed by atoms with Gasteiger partial charge >= 0.3 is 0 Å². The molecule has 70 valence electrons. The molecule has 1 saturated heterocycles. The molecule has 1 aliphatic rings. The molecule has 1 N–H and O–H groups in total. The van der Waals surface area contributed by atoms with Gasteiger partial charge in [0.05, 0.1) is 0 Å². The second-order valence-corrected chi connectivity index (χ2v) is 4.49. The van der Waals surface area contributed by atoms with Crippen LogP contribution in [-0.2, 0) is 0 Å². The zero-order valence-corrected chi connectivity index (χ0v) is 8.70. The molecule has 0 aromatic heterocycles. The van der Waals surface area contributed by atoms with Gasteiger partial charge in [-0.1, -0.05) is 13.0 Å². The second kappa shape index (κ2) is 5.65. The van der Waals surface area contributed by atoms with Crippen LogP contribution >= 0.6 is 11.8 Å². The van der Waals surface area contributed by atoms with Crippen molar-refractivity contribution in [3.8, 4) is 0 Å². The van der Waals surface area contributed by atoms with Gasteiger partial charge in [0.15, 0.2) is 0 Å². The molecule has 0 spiro atoms. The van der Waals surface area contributed by atoms with Crippen molar-refractivity contribution in [2.75, 3.05) is 18.1 Å². The summed E-state index contributed by atoms with van der Waals surface area (Å²) in [5, 5.41) is 3.53. The molecule has 2 unspecified atom stereocenters. The molecule has 0 amide bonds. The van der Waals surface area contributed by atoms with Crippen molar-refractivity contribution in [2.24, 2.45) is 5.92 Å². The van der Waals surface area contributed by atoms with Crippen LogP contribution in [0.15, 0.2) is 12.7 Å². The summed E-state index contributed by atoms with van der Waals surface area (Å²) in [6, 6.07) is 0.556. The molecule has 12 heavy (non-hydrogen) atoms. The molecule has 1 heterocycles. The van der Waals surface area contributed by atoms with Crippen LogP contribution in [0.25, 0.3) is 0 Å². The van der Waals surface area contributed by atoms with E-state index in [9.17, 15) is 0 Å². The maximum absolute atomic E-state index is 3.89. The van der Waals surface area contributed by atoms with Crippen LogP contribution in [0, 0.1) is 5.92 Å². The lowest BCUT2D eigenvalue weighted by Gasteiger charge is -2.20. The molecule has 0 aromatic rings. The van der Waals surface area contributed by atoms with E-state index < -0.39 is 0 Å². The average Bonchev–Trinajstić information content (AvgIpc) is 2.59. The maximum Gasteiger partial charge on any atom is 0.0283 e. The molecule has 0 radical (unpaired) electrons. The molecular formula is C10H19NS. The molecule has 1 fully saturated rings. The van der Waals surface area contributed by atoms with E-state index >= 15 is 0 Å². The van der Waals surface area contributed by atoms with Crippen molar-refractivity contribution in [3.63, 3.8) is 0 Å². The highest BCUT2D eigenvalue weighted by molar-refractivity contribution is 7.99. The van der Waals surface area contributed by atoms with Gasteiger partial charge < -0.3 is 5.32 Å². The number of hydrogen-bond donors (Lipinski definition) is 1. The van der Waals surface area contributed by atoms with Crippen molar-refractivity contribution < 1.29 is 0 Å². The Bertz CT molecular complexity index is 130. The Morgan fingerprint density at radius 2 is 2.58 bits per heavy atom. The van der Waals surface area contributed by atoms with Gasteiger partial charge in [0, 0.05) is 6.04 Å². The van der Waals surface area contributed by atoms with Crippen LogP contribution in [0.1, 0.15) is 19.8 Å². The lowest BCUT2D eigenvalue weighted by molar-refractivity contribution is 0.443. The molecule has 0 aliphatic carbocycles. The number of nitrogens with one attached hydrogen (secondary N) is 1. The summed E-state index contributed by atoms with van der Waals surface area (Å²) in [7, 11) is 0. The molecule has 1 aliphatic heterocycles. The highest BCUT2D eigenvalue weighted by Crippen LogP contribution is 2.26. The Balaban J connectivity index is 2.27. The second-order valence-electron chi connectivity index (χ2n) is 3.34. The van der Waals surface area contributed by atoms with Crippen LogP contribution in [0.4, 0.5) is 0 Å². The average molecular weight is 185 g/mol. The Morgan fingerprint density at radius 1 is 1.75 bits per heavy atom. The fourth-order valence-corrected chi connectivity index (χ4v) is 2.90. The minimum atomic E-state index is 0.556. The standard InChI is InChI=1S/C10H19NS/c1-3-6-11-10(4-2)9-5-7-12-8-9/h4,9-11H,2-3,5-8H2,1H3.